The molecule has 208 valence electrons. The van der Waals surface area contributed by atoms with Crippen molar-refractivity contribution in [3.05, 3.63) is 57.4 Å². The molecule has 2 aliphatic rings. The molecule has 0 unspecified atom stereocenters. The maximum Gasteiger partial charge on any atom is 0.343 e. The predicted octanol–water partition coefficient (Wildman–Crippen LogP) is 1.50. The summed E-state index contributed by atoms with van der Waals surface area (Å²) in [7, 11) is 0. The first-order valence-corrected chi connectivity index (χ1v) is 13.0. The number of pyridine rings is 2. The van der Waals surface area contributed by atoms with Crippen molar-refractivity contribution in [3.8, 4) is 17.1 Å². The average Bonchev–Trinajstić information content (AvgIpc) is 3.30. The Hall–Kier alpha value is -3.35. The van der Waals surface area contributed by atoms with Crippen LogP contribution in [0.4, 0.5) is 0 Å². The number of carbonyl (C=O) groups excluding carboxylic acids is 1. The largest absolute Gasteiger partial charge is 0.491 e. The number of rotatable bonds is 13. The lowest BCUT2D eigenvalue weighted by atomic mass is 9.86. The molecule has 3 aromatic rings. The highest BCUT2D eigenvalue weighted by atomic mass is 16.6. The second kappa shape index (κ2) is 11.8. The minimum absolute atomic E-state index is 0.00146. The molecule has 0 aliphatic carbocycles. The Balaban J connectivity index is 1.23. The van der Waals surface area contributed by atoms with Gasteiger partial charge in [0.1, 0.15) is 19.0 Å². The molecular formula is C28H32N2O9. The molecule has 2 N–H and O–H groups in total. The summed E-state index contributed by atoms with van der Waals surface area (Å²) in [5.41, 5.74) is 1.32. The lowest BCUT2D eigenvalue weighted by molar-refractivity contribution is -0.172. The van der Waals surface area contributed by atoms with Crippen LogP contribution in [0.1, 0.15) is 30.0 Å². The fourth-order valence-corrected chi connectivity index (χ4v) is 4.88. The third-order valence-electron chi connectivity index (χ3n) is 6.96. The van der Waals surface area contributed by atoms with Gasteiger partial charge in [-0.1, -0.05) is 6.92 Å². The first kappa shape index (κ1) is 27.2. The van der Waals surface area contributed by atoms with Crippen LogP contribution >= 0.6 is 0 Å². The Morgan fingerprint density at radius 3 is 2.44 bits per heavy atom. The van der Waals surface area contributed by atoms with Crippen LogP contribution < -0.4 is 10.3 Å². The van der Waals surface area contributed by atoms with Crippen LogP contribution in [0.5, 0.6) is 5.75 Å². The molecule has 11 nitrogen and oxygen atoms in total. The lowest BCUT2D eigenvalue weighted by Gasteiger charge is -2.31. The summed E-state index contributed by atoms with van der Waals surface area (Å²) in [6.45, 7) is 4.73. The van der Waals surface area contributed by atoms with Crippen LogP contribution in [-0.4, -0.2) is 78.6 Å². The van der Waals surface area contributed by atoms with E-state index < -0.39 is 11.6 Å². The van der Waals surface area contributed by atoms with Gasteiger partial charge in [-0.3, -0.25) is 4.79 Å². The second-order valence-corrected chi connectivity index (χ2v) is 9.36. The van der Waals surface area contributed by atoms with Gasteiger partial charge < -0.3 is 38.5 Å². The van der Waals surface area contributed by atoms with E-state index in [1.807, 2.05) is 24.3 Å². The van der Waals surface area contributed by atoms with Crippen LogP contribution in [-0.2, 0) is 42.5 Å². The zero-order chi connectivity index (χ0) is 27.4. The number of benzene rings is 1. The van der Waals surface area contributed by atoms with Gasteiger partial charge in [-0.05, 0) is 36.8 Å². The zero-order valence-corrected chi connectivity index (χ0v) is 21.8. The number of aliphatic hydroxyl groups is 2. The minimum Gasteiger partial charge on any atom is -0.491 e. The fourth-order valence-electron chi connectivity index (χ4n) is 4.88. The van der Waals surface area contributed by atoms with Crippen molar-refractivity contribution in [1.82, 2.24) is 9.55 Å². The molecule has 39 heavy (non-hydrogen) atoms. The van der Waals surface area contributed by atoms with Crippen LogP contribution in [0.2, 0.25) is 0 Å². The second-order valence-electron chi connectivity index (χ2n) is 9.36. The lowest BCUT2D eigenvalue weighted by Crippen LogP contribution is -2.44. The number of fused-ring (bicyclic) bond motifs is 5. The van der Waals surface area contributed by atoms with E-state index in [1.54, 1.807) is 17.6 Å². The number of aromatic nitrogens is 2. The van der Waals surface area contributed by atoms with Crippen molar-refractivity contribution in [3.63, 3.8) is 0 Å². The van der Waals surface area contributed by atoms with Gasteiger partial charge in [0, 0.05) is 16.5 Å². The van der Waals surface area contributed by atoms with Crippen molar-refractivity contribution >= 4 is 16.9 Å². The molecule has 0 amide bonds. The molecule has 1 aromatic carbocycles. The highest BCUT2D eigenvalue weighted by Gasteiger charge is 2.45. The Bertz CT molecular complexity index is 1420. The number of ether oxygens (including phenoxy) is 5. The quantitative estimate of drug-likeness (QED) is 0.189. The first-order chi connectivity index (χ1) is 19.0. The van der Waals surface area contributed by atoms with E-state index in [0.29, 0.717) is 81.1 Å². The van der Waals surface area contributed by atoms with E-state index in [4.69, 9.17) is 33.8 Å². The number of esters is 1. The number of hydrogen-bond donors (Lipinski definition) is 2. The molecule has 0 radical (unpaired) electrons. The third kappa shape index (κ3) is 5.41. The molecule has 0 saturated heterocycles. The van der Waals surface area contributed by atoms with E-state index in [-0.39, 0.29) is 25.2 Å². The van der Waals surface area contributed by atoms with Crippen LogP contribution in [0, 0.1) is 0 Å². The summed E-state index contributed by atoms with van der Waals surface area (Å²) in [5, 5.41) is 20.5. The van der Waals surface area contributed by atoms with E-state index in [2.05, 4.69) is 0 Å². The van der Waals surface area contributed by atoms with E-state index in [0.717, 1.165) is 16.5 Å². The van der Waals surface area contributed by atoms with E-state index in [1.165, 1.54) is 0 Å². The number of aliphatic hydroxyl groups excluding tert-OH is 1. The molecule has 1 atom stereocenters. The fraction of sp³-hybridized carbons (Fsp3) is 0.464. The smallest absolute Gasteiger partial charge is 0.343 e. The summed E-state index contributed by atoms with van der Waals surface area (Å²) in [6.07, 6.45) is 0.100. The van der Waals surface area contributed by atoms with Gasteiger partial charge >= 0.3 is 5.97 Å². The molecule has 0 bridgehead atoms. The Kier molecular flexibility index (Phi) is 8.24. The molecule has 0 fully saturated rings. The maximum absolute atomic E-state index is 13.3. The molecule has 2 aromatic heterocycles. The highest BCUT2D eigenvalue weighted by Crippen LogP contribution is 2.38. The zero-order valence-electron chi connectivity index (χ0n) is 21.8. The summed E-state index contributed by atoms with van der Waals surface area (Å²) >= 11 is 0. The highest BCUT2D eigenvalue weighted by molar-refractivity contribution is 5.87. The van der Waals surface area contributed by atoms with Gasteiger partial charge in [-0.2, -0.15) is 0 Å². The Labute approximate surface area is 224 Å². The van der Waals surface area contributed by atoms with Crippen LogP contribution in [0.15, 0.2) is 35.1 Å². The van der Waals surface area contributed by atoms with Crippen LogP contribution in [0.25, 0.3) is 22.3 Å². The predicted molar refractivity (Wildman–Crippen MR) is 140 cm³/mol. The normalized spacial score (nSPS) is 17.6. The Morgan fingerprint density at radius 1 is 1.00 bits per heavy atom. The number of nitrogens with zero attached hydrogens (tertiary/aromatic N) is 2. The number of carbonyl (C=O) groups is 1. The van der Waals surface area contributed by atoms with E-state index >= 15 is 0 Å². The number of cyclic esters (lactones) is 1. The third-order valence-corrected chi connectivity index (χ3v) is 6.96. The Morgan fingerprint density at radius 2 is 1.72 bits per heavy atom. The van der Waals surface area contributed by atoms with Crippen molar-refractivity contribution in [2.75, 3.05) is 52.9 Å². The van der Waals surface area contributed by atoms with Gasteiger partial charge in [-0.15, -0.1) is 0 Å². The van der Waals surface area contributed by atoms with E-state index in [9.17, 15) is 14.7 Å². The van der Waals surface area contributed by atoms with Gasteiger partial charge in [-0.25, -0.2) is 9.78 Å². The standard InChI is InChI=1S/C28H32N2O9/c1-2-28(34)22-15-24-25-19(16-30(24)26(32)21(22)17-39-27(28)33)13-18-14-20(3-4-23(18)29-25)38-12-11-37-10-9-36-8-7-35-6-5-31/h3-4,13-15,31,34H,2,5-12,16-17H2,1H3/t28-/m0/s1. The van der Waals surface area contributed by atoms with Gasteiger partial charge in [0.05, 0.1) is 75.3 Å². The van der Waals surface area contributed by atoms with Crippen molar-refractivity contribution in [1.29, 1.82) is 0 Å². The van der Waals surface area contributed by atoms with Crippen molar-refractivity contribution in [2.45, 2.75) is 32.1 Å². The summed E-state index contributed by atoms with van der Waals surface area (Å²) < 4.78 is 28.6. The summed E-state index contributed by atoms with van der Waals surface area (Å²) in [5.74, 6) is -0.0600. The van der Waals surface area contributed by atoms with Gasteiger partial charge in [0.15, 0.2) is 5.60 Å². The van der Waals surface area contributed by atoms with Crippen molar-refractivity contribution < 1.29 is 38.7 Å². The SMILES string of the molecule is CC[C@@]1(O)C(=O)OCc2c1cc1n(c2=O)Cc2cc3cc(OCCOCCOCCOCCO)ccc3nc2-1. The van der Waals surface area contributed by atoms with Crippen molar-refractivity contribution in [2.24, 2.45) is 0 Å². The molecular weight excluding hydrogens is 508 g/mol. The summed E-state index contributed by atoms with van der Waals surface area (Å²) in [4.78, 5) is 30.4. The average molecular weight is 541 g/mol. The molecule has 0 saturated carbocycles. The molecule has 2 aliphatic heterocycles. The van der Waals surface area contributed by atoms with Gasteiger partial charge in [0.25, 0.3) is 5.56 Å². The first-order valence-electron chi connectivity index (χ1n) is 13.0. The molecule has 11 heteroatoms. The topological polar surface area (TPSA) is 139 Å². The number of hydrogen-bond acceptors (Lipinski definition) is 10. The summed E-state index contributed by atoms with van der Waals surface area (Å²) in [6, 6.07) is 9.29. The minimum atomic E-state index is -1.85. The molecule has 0 spiro atoms. The van der Waals surface area contributed by atoms with Crippen LogP contribution in [0.3, 0.4) is 0 Å². The molecule has 4 heterocycles. The maximum atomic E-state index is 13.3. The van der Waals surface area contributed by atoms with Gasteiger partial charge in [0.2, 0.25) is 0 Å². The molecule has 5 rings (SSSR count). The monoisotopic (exact) mass is 540 g/mol.